The lowest BCUT2D eigenvalue weighted by Gasteiger charge is -2.29. The fourth-order valence-corrected chi connectivity index (χ4v) is 1.74. The van der Waals surface area contributed by atoms with E-state index in [1.165, 1.54) is 0 Å². The molecule has 3 nitrogen and oxygen atoms in total. The van der Waals surface area contributed by atoms with Crippen molar-refractivity contribution in [1.82, 2.24) is 5.32 Å². The van der Waals surface area contributed by atoms with E-state index in [4.69, 9.17) is 9.84 Å². The van der Waals surface area contributed by atoms with E-state index in [2.05, 4.69) is 12.2 Å². The van der Waals surface area contributed by atoms with Gasteiger partial charge in [-0.3, -0.25) is 0 Å². The number of rotatable bonds is 5. The van der Waals surface area contributed by atoms with Gasteiger partial charge in [-0.15, -0.1) is 0 Å². The van der Waals surface area contributed by atoms with Gasteiger partial charge in [0.25, 0.3) is 0 Å². The maximum atomic E-state index is 8.63. The molecule has 0 radical (unpaired) electrons. The third kappa shape index (κ3) is 4.07. The van der Waals surface area contributed by atoms with Crippen LogP contribution in [-0.4, -0.2) is 37.0 Å². The Morgan fingerprint density at radius 3 is 3.08 bits per heavy atom. The Kier molecular flexibility index (Phi) is 5.35. The number of hydrogen-bond acceptors (Lipinski definition) is 3. The van der Waals surface area contributed by atoms with Crippen LogP contribution < -0.4 is 5.32 Å². The second-order valence-corrected chi connectivity index (χ2v) is 3.65. The lowest BCUT2D eigenvalue weighted by molar-refractivity contribution is -0.000121. The Morgan fingerprint density at radius 1 is 1.54 bits per heavy atom. The molecule has 2 unspecified atom stereocenters. The molecular formula is C10H21NO2. The maximum Gasteiger partial charge on any atom is 0.0587 e. The second-order valence-electron chi connectivity index (χ2n) is 3.65. The van der Waals surface area contributed by atoms with Gasteiger partial charge < -0.3 is 15.2 Å². The third-order valence-electron chi connectivity index (χ3n) is 2.59. The Balaban J connectivity index is 2.11. The normalized spacial score (nSPS) is 29.1. The minimum Gasteiger partial charge on any atom is -0.396 e. The standard InChI is InChI=1S/C10H21NO2/c1-2-10-8-9(4-7-13-10)11-5-3-6-12/h9-12H,2-8H2,1H3. The minimum atomic E-state index is 0.285. The zero-order chi connectivity index (χ0) is 9.52. The van der Waals surface area contributed by atoms with E-state index < -0.39 is 0 Å². The molecule has 0 bridgehead atoms. The SMILES string of the molecule is CCC1CC(NCCCO)CCO1. The highest BCUT2D eigenvalue weighted by Crippen LogP contribution is 2.15. The van der Waals surface area contributed by atoms with Crippen molar-refractivity contribution in [1.29, 1.82) is 0 Å². The molecule has 2 atom stereocenters. The molecule has 0 aliphatic carbocycles. The smallest absolute Gasteiger partial charge is 0.0587 e. The van der Waals surface area contributed by atoms with Gasteiger partial charge in [-0.1, -0.05) is 6.92 Å². The average molecular weight is 187 g/mol. The Bertz CT molecular complexity index is 130. The Morgan fingerprint density at radius 2 is 2.38 bits per heavy atom. The minimum absolute atomic E-state index is 0.285. The molecule has 0 aromatic carbocycles. The summed E-state index contributed by atoms with van der Waals surface area (Å²) in [5.74, 6) is 0. The van der Waals surface area contributed by atoms with Crippen LogP contribution in [-0.2, 0) is 4.74 Å². The first kappa shape index (κ1) is 11.0. The predicted molar refractivity (Wildman–Crippen MR) is 52.8 cm³/mol. The molecule has 0 spiro atoms. The highest BCUT2D eigenvalue weighted by Gasteiger charge is 2.20. The van der Waals surface area contributed by atoms with E-state index in [0.717, 1.165) is 38.8 Å². The number of aliphatic hydroxyl groups is 1. The molecule has 0 saturated carbocycles. The first-order valence-electron chi connectivity index (χ1n) is 5.32. The molecule has 13 heavy (non-hydrogen) atoms. The molecule has 1 aliphatic heterocycles. The van der Waals surface area contributed by atoms with Gasteiger partial charge in [0.2, 0.25) is 0 Å². The van der Waals surface area contributed by atoms with Gasteiger partial charge in [0.1, 0.15) is 0 Å². The lowest BCUT2D eigenvalue weighted by atomic mass is 10.0. The highest BCUT2D eigenvalue weighted by atomic mass is 16.5. The van der Waals surface area contributed by atoms with Crippen LogP contribution in [0.3, 0.4) is 0 Å². The lowest BCUT2D eigenvalue weighted by Crippen LogP contribution is -2.39. The summed E-state index contributed by atoms with van der Waals surface area (Å²) in [6.07, 6.45) is 4.65. The van der Waals surface area contributed by atoms with Crippen LogP contribution in [0.25, 0.3) is 0 Å². The van der Waals surface area contributed by atoms with Crippen LogP contribution in [0.5, 0.6) is 0 Å². The van der Waals surface area contributed by atoms with Crippen LogP contribution >= 0.6 is 0 Å². The summed E-state index contributed by atoms with van der Waals surface area (Å²) in [4.78, 5) is 0. The molecule has 2 N–H and O–H groups in total. The maximum absolute atomic E-state index is 8.63. The summed E-state index contributed by atoms with van der Waals surface area (Å²) in [6.45, 7) is 4.26. The van der Waals surface area contributed by atoms with Crippen LogP contribution in [0.1, 0.15) is 32.6 Å². The molecule has 1 saturated heterocycles. The molecule has 1 heterocycles. The molecule has 0 aromatic heterocycles. The van der Waals surface area contributed by atoms with Crippen molar-refractivity contribution < 1.29 is 9.84 Å². The predicted octanol–water partition coefficient (Wildman–Crippen LogP) is 0.916. The van der Waals surface area contributed by atoms with Crippen LogP contribution in [0.2, 0.25) is 0 Å². The second kappa shape index (κ2) is 6.35. The number of aliphatic hydroxyl groups excluding tert-OH is 1. The van der Waals surface area contributed by atoms with Crippen LogP contribution in [0.4, 0.5) is 0 Å². The molecule has 3 heteroatoms. The largest absolute Gasteiger partial charge is 0.396 e. The first-order valence-corrected chi connectivity index (χ1v) is 5.32. The van der Waals surface area contributed by atoms with Crippen LogP contribution in [0, 0.1) is 0 Å². The van der Waals surface area contributed by atoms with Crippen molar-refractivity contribution in [3.63, 3.8) is 0 Å². The van der Waals surface area contributed by atoms with Crippen molar-refractivity contribution in [2.45, 2.75) is 44.8 Å². The quantitative estimate of drug-likeness (QED) is 0.629. The van der Waals surface area contributed by atoms with E-state index in [-0.39, 0.29) is 6.61 Å². The zero-order valence-electron chi connectivity index (χ0n) is 8.46. The molecule has 0 aromatic rings. The molecule has 78 valence electrons. The summed E-state index contributed by atoms with van der Waals surface area (Å²) in [7, 11) is 0. The summed E-state index contributed by atoms with van der Waals surface area (Å²) in [5.41, 5.74) is 0. The number of nitrogens with one attached hydrogen (secondary N) is 1. The topological polar surface area (TPSA) is 41.5 Å². The summed E-state index contributed by atoms with van der Waals surface area (Å²) >= 11 is 0. The Hall–Kier alpha value is -0.120. The van der Waals surface area contributed by atoms with Gasteiger partial charge in [0, 0.05) is 19.3 Å². The zero-order valence-corrected chi connectivity index (χ0v) is 8.46. The highest BCUT2D eigenvalue weighted by molar-refractivity contribution is 4.75. The van der Waals surface area contributed by atoms with Gasteiger partial charge >= 0.3 is 0 Å². The number of ether oxygens (including phenoxy) is 1. The van der Waals surface area contributed by atoms with Crippen molar-refractivity contribution in [3.05, 3.63) is 0 Å². The van der Waals surface area contributed by atoms with Crippen molar-refractivity contribution in [2.24, 2.45) is 0 Å². The Labute approximate surface area is 80.5 Å². The molecule has 1 rings (SSSR count). The summed E-state index contributed by atoms with van der Waals surface area (Å²) in [5, 5.41) is 12.1. The van der Waals surface area contributed by atoms with E-state index in [9.17, 15) is 0 Å². The summed E-state index contributed by atoms with van der Waals surface area (Å²) < 4.78 is 5.57. The fourth-order valence-electron chi connectivity index (χ4n) is 1.74. The third-order valence-corrected chi connectivity index (χ3v) is 2.59. The van der Waals surface area contributed by atoms with Gasteiger partial charge in [0.05, 0.1) is 6.10 Å². The fraction of sp³-hybridized carbons (Fsp3) is 1.00. The monoisotopic (exact) mass is 187 g/mol. The van der Waals surface area contributed by atoms with Crippen molar-refractivity contribution >= 4 is 0 Å². The molecule has 1 fully saturated rings. The van der Waals surface area contributed by atoms with Gasteiger partial charge in [-0.2, -0.15) is 0 Å². The molecular weight excluding hydrogens is 166 g/mol. The van der Waals surface area contributed by atoms with Crippen molar-refractivity contribution in [2.75, 3.05) is 19.8 Å². The van der Waals surface area contributed by atoms with Crippen molar-refractivity contribution in [3.8, 4) is 0 Å². The average Bonchev–Trinajstić information content (AvgIpc) is 2.19. The van der Waals surface area contributed by atoms with Gasteiger partial charge in [-0.25, -0.2) is 0 Å². The van der Waals surface area contributed by atoms with Gasteiger partial charge in [0.15, 0.2) is 0 Å². The molecule has 0 amide bonds. The molecule has 1 aliphatic rings. The van der Waals surface area contributed by atoms with E-state index in [0.29, 0.717) is 12.1 Å². The van der Waals surface area contributed by atoms with E-state index in [1.54, 1.807) is 0 Å². The first-order chi connectivity index (χ1) is 6.36. The number of hydrogen-bond donors (Lipinski definition) is 2. The summed E-state index contributed by atoms with van der Waals surface area (Å²) in [6, 6.07) is 0.602. The van der Waals surface area contributed by atoms with E-state index in [1.807, 2.05) is 0 Å². The van der Waals surface area contributed by atoms with E-state index >= 15 is 0 Å². The van der Waals surface area contributed by atoms with Crippen LogP contribution in [0.15, 0.2) is 0 Å². The van der Waals surface area contributed by atoms with Gasteiger partial charge in [-0.05, 0) is 32.2 Å².